The van der Waals surface area contributed by atoms with Crippen molar-refractivity contribution >= 4 is 13.8 Å². The van der Waals surface area contributed by atoms with E-state index in [9.17, 15) is 24.3 Å². The highest BCUT2D eigenvalue weighted by molar-refractivity contribution is 7.43. The van der Waals surface area contributed by atoms with E-state index in [0.29, 0.717) is 0 Å². The van der Waals surface area contributed by atoms with Crippen molar-refractivity contribution in [2.75, 3.05) is 13.2 Å². The number of quaternary nitrogens is 3. The van der Waals surface area contributed by atoms with Gasteiger partial charge in [0.15, 0.2) is 0 Å². The Bertz CT molecular complexity index is 483. The molecule has 3 aliphatic carbocycles. The molecule has 0 saturated heterocycles. The first-order chi connectivity index (χ1) is 16.4. The molecule has 0 radical (unpaired) electrons. The summed E-state index contributed by atoms with van der Waals surface area (Å²) in [6.45, 7) is 0.812. The average molecular weight is 530 g/mol. The normalized spacial score (nSPS) is 20.2. The molecule has 3 fully saturated rings. The van der Waals surface area contributed by atoms with Gasteiger partial charge in [-0.25, -0.2) is 0 Å². The molecule has 1 atom stereocenters. The molecular formula is C23H52N3O8P. The Labute approximate surface area is 211 Å². The van der Waals surface area contributed by atoms with Crippen molar-refractivity contribution in [3.8, 4) is 0 Å². The second kappa shape index (κ2) is 23.8. The Hall–Kier alpha value is -0.620. The van der Waals surface area contributed by atoms with Crippen LogP contribution in [0.3, 0.4) is 0 Å². The topological polar surface area (TPSA) is 236 Å². The summed E-state index contributed by atoms with van der Waals surface area (Å²) in [6.07, 6.45) is 19.0. The molecule has 0 amide bonds. The van der Waals surface area contributed by atoms with Crippen LogP contribution in [-0.2, 0) is 13.9 Å². The third kappa shape index (κ3) is 29.5. The summed E-state index contributed by atoms with van der Waals surface area (Å²) in [5.74, 6) is -1.90. The number of hydrogen-bond donors (Lipinski definition) is 5. The van der Waals surface area contributed by atoms with E-state index < -0.39 is 26.5 Å². The summed E-state index contributed by atoms with van der Waals surface area (Å²) >= 11 is 0. The standard InChI is InChI=1S/3C6H13N.C3H7O7P.C2H6O/c3*7-6-4-2-1-3-5-6;4-2(3(5)6)1-10-11(7,8)9;1-2-3/h3*6H,1-5,7H2;2,4H,1H2,(H,5,6)(H2,7,8,9);3H,2H2,1H3/t;;;2-;/m...1./s1. The summed E-state index contributed by atoms with van der Waals surface area (Å²) in [5, 5.41) is 25.6. The fraction of sp³-hybridized carbons (Fsp3) is 0.957. The van der Waals surface area contributed by atoms with Crippen LogP contribution >= 0.6 is 7.82 Å². The van der Waals surface area contributed by atoms with E-state index in [1.54, 1.807) is 6.92 Å². The number of carbonyl (C=O) groups excluding carboxylic acids is 1. The average Bonchev–Trinajstić information content (AvgIpc) is 2.80. The molecule has 3 aliphatic rings. The summed E-state index contributed by atoms with van der Waals surface area (Å²) in [4.78, 5) is 29.0. The molecule has 0 heterocycles. The number of aliphatic hydroxyl groups is 2. The van der Waals surface area contributed by atoms with E-state index in [1.807, 2.05) is 0 Å². The van der Waals surface area contributed by atoms with E-state index in [4.69, 9.17) is 10.2 Å². The Kier molecular flexibility index (Phi) is 24.8. The third-order valence-corrected chi connectivity index (χ3v) is 6.30. The number of hydrogen-bond acceptors (Lipinski definition) is 8. The first kappa shape index (κ1) is 36.5. The highest BCUT2D eigenvalue weighted by Crippen LogP contribution is 2.24. The lowest BCUT2D eigenvalue weighted by Crippen LogP contribution is -2.61. The molecule has 35 heavy (non-hydrogen) atoms. The van der Waals surface area contributed by atoms with Crippen LogP contribution in [0.4, 0.5) is 0 Å². The van der Waals surface area contributed by atoms with Crippen molar-refractivity contribution in [3.05, 3.63) is 0 Å². The zero-order valence-electron chi connectivity index (χ0n) is 21.7. The van der Waals surface area contributed by atoms with Gasteiger partial charge in [0, 0.05) is 6.61 Å². The number of aliphatic carboxylic acids is 1. The zero-order chi connectivity index (χ0) is 27.1. The van der Waals surface area contributed by atoms with Gasteiger partial charge in [-0.2, -0.15) is 0 Å². The van der Waals surface area contributed by atoms with E-state index in [1.165, 1.54) is 96.3 Å². The lowest BCUT2D eigenvalue weighted by atomic mass is 9.97. The Balaban J connectivity index is 0. The predicted molar refractivity (Wildman–Crippen MR) is 127 cm³/mol. The first-order valence-electron chi connectivity index (χ1n) is 13.1. The number of phosphoric acid groups is 1. The Morgan fingerprint density at radius 1 is 0.829 bits per heavy atom. The monoisotopic (exact) mass is 529 g/mol. The molecule has 0 bridgehead atoms. The van der Waals surface area contributed by atoms with Crippen LogP contribution in [0.25, 0.3) is 0 Å². The van der Waals surface area contributed by atoms with Gasteiger partial charge in [-0.3, -0.25) is 0 Å². The van der Waals surface area contributed by atoms with Gasteiger partial charge in [0.25, 0.3) is 0 Å². The molecule has 0 aromatic carbocycles. The molecule has 12 heteroatoms. The first-order valence-corrected chi connectivity index (χ1v) is 14.5. The fourth-order valence-corrected chi connectivity index (χ4v) is 4.12. The number of carboxylic acid groups (broad SMARTS) is 1. The number of carboxylic acids is 1. The molecule has 0 aromatic heterocycles. The van der Waals surface area contributed by atoms with Crippen molar-refractivity contribution < 1.29 is 56.2 Å². The van der Waals surface area contributed by atoms with E-state index in [0.717, 1.165) is 18.1 Å². The van der Waals surface area contributed by atoms with Gasteiger partial charge in [0.2, 0.25) is 0 Å². The van der Waals surface area contributed by atoms with Crippen LogP contribution in [0.15, 0.2) is 0 Å². The van der Waals surface area contributed by atoms with Gasteiger partial charge in [0.05, 0.1) is 38.5 Å². The van der Waals surface area contributed by atoms with Crippen molar-refractivity contribution in [1.82, 2.24) is 0 Å². The second-order valence-corrected chi connectivity index (χ2v) is 10.6. The van der Waals surface area contributed by atoms with Gasteiger partial charge in [0.1, 0.15) is 6.10 Å². The highest BCUT2D eigenvalue weighted by atomic mass is 31.2. The van der Waals surface area contributed by atoms with E-state index >= 15 is 0 Å². The largest absolute Gasteiger partial charge is 0.790 e. The van der Waals surface area contributed by atoms with Crippen LogP contribution < -0.4 is 32.1 Å². The molecular weight excluding hydrogens is 477 g/mol. The van der Waals surface area contributed by atoms with Crippen molar-refractivity contribution in [1.29, 1.82) is 0 Å². The number of carbonyl (C=O) groups is 1. The third-order valence-electron chi connectivity index (χ3n) is 5.84. The minimum atomic E-state index is -5.21. The predicted octanol–water partition coefficient (Wildman–Crippen LogP) is -2.38. The minimum absolute atomic E-state index is 0.250. The van der Waals surface area contributed by atoms with Gasteiger partial charge < -0.3 is 56.2 Å². The maximum Gasteiger partial charge on any atom is 0.117 e. The molecule has 3 rings (SSSR count). The number of phosphoric ester groups is 1. The van der Waals surface area contributed by atoms with E-state index in [-0.39, 0.29) is 6.61 Å². The van der Waals surface area contributed by atoms with Crippen molar-refractivity contribution in [3.63, 3.8) is 0 Å². The van der Waals surface area contributed by atoms with Crippen molar-refractivity contribution in [2.45, 2.75) is 127 Å². The molecule has 11 N–H and O–H groups in total. The van der Waals surface area contributed by atoms with Crippen LogP contribution in [-0.4, -0.2) is 53.6 Å². The fourth-order valence-electron chi connectivity index (χ4n) is 3.79. The van der Waals surface area contributed by atoms with Gasteiger partial charge in [-0.1, -0.05) is 19.3 Å². The van der Waals surface area contributed by atoms with E-state index in [2.05, 4.69) is 21.7 Å². The maximum absolute atomic E-state index is 9.68. The van der Waals surface area contributed by atoms with Crippen LogP contribution in [0.1, 0.15) is 103 Å². The van der Waals surface area contributed by atoms with Gasteiger partial charge in [-0.05, 0) is 84.0 Å². The minimum Gasteiger partial charge on any atom is -0.790 e. The zero-order valence-corrected chi connectivity index (χ0v) is 22.6. The second-order valence-electron chi connectivity index (χ2n) is 9.41. The van der Waals surface area contributed by atoms with Crippen LogP contribution in [0.2, 0.25) is 0 Å². The molecule has 0 aliphatic heterocycles. The quantitative estimate of drug-likeness (QED) is 0.246. The lowest BCUT2D eigenvalue weighted by molar-refractivity contribution is -0.425. The maximum atomic E-state index is 9.68. The molecule has 11 nitrogen and oxygen atoms in total. The number of aliphatic hydroxyl groups excluding tert-OH is 2. The van der Waals surface area contributed by atoms with Crippen LogP contribution in [0, 0.1) is 0 Å². The summed E-state index contributed by atoms with van der Waals surface area (Å²) < 4.78 is 13.1. The molecule has 0 unspecified atom stereocenters. The summed E-state index contributed by atoms with van der Waals surface area (Å²) in [6, 6.07) is 2.36. The SMILES string of the molecule is CCO.O=C([O-])[C@H](O)COP(=O)([O-])[O-].[NH3+]C1CCCCC1.[NH3+]C1CCCCC1.[NH3+]C1CCCCC1. The Morgan fingerprint density at radius 3 is 1.23 bits per heavy atom. The van der Waals surface area contributed by atoms with Gasteiger partial charge in [-0.15, -0.1) is 0 Å². The number of rotatable bonds is 4. The van der Waals surface area contributed by atoms with Gasteiger partial charge >= 0.3 is 0 Å². The summed E-state index contributed by atoms with van der Waals surface area (Å²) in [7, 11) is -5.21. The Morgan fingerprint density at radius 2 is 1.09 bits per heavy atom. The molecule has 0 spiro atoms. The molecule has 0 aromatic rings. The lowest BCUT2D eigenvalue weighted by Gasteiger charge is -2.29. The van der Waals surface area contributed by atoms with Crippen LogP contribution in [0.5, 0.6) is 0 Å². The summed E-state index contributed by atoms with van der Waals surface area (Å²) in [5.41, 5.74) is 12.0. The molecule has 212 valence electrons. The highest BCUT2D eigenvalue weighted by Gasteiger charge is 2.11. The van der Waals surface area contributed by atoms with Crippen molar-refractivity contribution in [2.24, 2.45) is 0 Å². The smallest absolute Gasteiger partial charge is 0.117 e. The molecule has 3 saturated carbocycles.